The van der Waals surface area contributed by atoms with Crippen LogP contribution in [0, 0.1) is 6.92 Å². The van der Waals surface area contributed by atoms with Gasteiger partial charge in [-0.05, 0) is 36.8 Å². The molecule has 2 heterocycles. The zero-order valence-electron chi connectivity index (χ0n) is 12.7. The van der Waals surface area contributed by atoms with Crippen LogP contribution in [0.5, 0.6) is 5.75 Å². The monoisotopic (exact) mass is 325 g/mol. The summed E-state index contributed by atoms with van der Waals surface area (Å²) in [5.41, 5.74) is 3.23. The third-order valence-electron chi connectivity index (χ3n) is 3.35. The molecule has 0 saturated heterocycles. The molecule has 0 aliphatic heterocycles. The van der Waals surface area contributed by atoms with Gasteiger partial charge in [-0.2, -0.15) is 0 Å². The van der Waals surface area contributed by atoms with Crippen LogP contribution in [0.3, 0.4) is 0 Å². The van der Waals surface area contributed by atoms with Crippen molar-refractivity contribution in [1.29, 1.82) is 0 Å². The van der Waals surface area contributed by atoms with Gasteiger partial charge in [0, 0.05) is 28.9 Å². The number of nitrogens with one attached hydrogen (secondary N) is 1. The molecule has 3 aromatic rings. The first-order valence-corrected chi connectivity index (χ1v) is 7.87. The van der Waals surface area contributed by atoms with Gasteiger partial charge in [0.1, 0.15) is 5.75 Å². The van der Waals surface area contributed by atoms with Crippen molar-refractivity contribution in [3.8, 4) is 17.0 Å². The largest absolute Gasteiger partial charge is 0.496 e. The van der Waals surface area contributed by atoms with E-state index in [0.717, 1.165) is 16.8 Å². The summed E-state index contributed by atoms with van der Waals surface area (Å²) < 4.78 is 5.25. The first-order valence-electron chi connectivity index (χ1n) is 6.99. The minimum absolute atomic E-state index is 0.213. The molecule has 2 aromatic heterocycles. The Morgan fingerprint density at radius 2 is 2.17 bits per heavy atom. The number of anilines is 1. The summed E-state index contributed by atoms with van der Waals surface area (Å²) in [6, 6.07) is 9.13. The second-order valence-corrected chi connectivity index (χ2v) is 5.78. The highest BCUT2D eigenvalue weighted by Gasteiger charge is 2.11. The van der Waals surface area contributed by atoms with Gasteiger partial charge in [0.05, 0.1) is 12.8 Å². The molecule has 0 radical (unpaired) electrons. The Morgan fingerprint density at radius 1 is 1.30 bits per heavy atom. The fraction of sp³-hybridized carbons (Fsp3) is 0.118. The maximum atomic E-state index is 12.3. The van der Waals surface area contributed by atoms with Crippen molar-refractivity contribution >= 4 is 22.4 Å². The Morgan fingerprint density at radius 3 is 2.91 bits per heavy atom. The van der Waals surface area contributed by atoms with Crippen molar-refractivity contribution in [3.05, 3.63) is 59.2 Å². The number of thiazole rings is 1. The van der Waals surface area contributed by atoms with Crippen LogP contribution >= 0.6 is 11.3 Å². The number of hydrogen-bond donors (Lipinski definition) is 1. The topological polar surface area (TPSA) is 64.1 Å². The molecule has 0 aliphatic carbocycles. The highest BCUT2D eigenvalue weighted by Crippen LogP contribution is 2.25. The number of hydrogen-bond acceptors (Lipinski definition) is 5. The number of amides is 1. The zero-order valence-corrected chi connectivity index (χ0v) is 13.6. The Kier molecular flexibility index (Phi) is 4.34. The van der Waals surface area contributed by atoms with Crippen LogP contribution in [0.4, 0.5) is 5.13 Å². The lowest BCUT2D eigenvalue weighted by atomic mass is 10.1. The first kappa shape index (κ1) is 15.2. The quantitative estimate of drug-likeness (QED) is 0.793. The second-order valence-electron chi connectivity index (χ2n) is 4.92. The van der Waals surface area contributed by atoms with Crippen LogP contribution in [0.15, 0.2) is 48.1 Å². The van der Waals surface area contributed by atoms with Crippen LogP contribution in [0.2, 0.25) is 0 Å². The lowest BCUT2D eigenvalue weighted by Crippen LogP contribution is -2.12. The Hall–Kier alpha value is -2.73. The van der Waals surface area contributed by atoms with E-state index >= 15 is 0 Å². The third-order valence-corrected chi connectivity index (χ3v) is 4.11. The molecule has 5 nitrogen and oxygen atoms in total. The molecule has 1 amide bonds. The average molecular weight is 325 g/mol. The van der Waals surface area contributed by atoms with E-state index in [-0.39, 0.29) is 5.91 Å². The zero-order chi connectivity index (χ0) is 16.2. The molecule has 1 aromatic carbocycles. The minimum Gasteiger partial charge on any atom is -0.496 e. The molecule has 1 N–H and O–H groups in total. The highest BCUT2D eigenvalue weighted by molar-refractivity contribution is 7.14. The first-order chi connectivity index (χ1) is 11.2. The number of rotatable bonds is 4. The Balaban J connectivity index is 1.77. The minimum atomic E-state index is -0.213. The summed E-state index contributed by atoms with van der Waals surface area (Å²) in [4.78, 5) is 20.8. The SMILES string of the molecule is COc1cc(C(=O)Nc2nc(-c3cccnc3)cs2)ccc1C. The molecule has 116 valence electrons. The van der Waals surface area contributed by atoms with Gasteiger partial charge < -0.3 is 4.74 Å². The van der Waals surface area contributed by atoms with Gasteiger partial charge in [-0.1, -0.05) is 6.07 Å². The number of benzene rings is 1. The van der Waals surface area contributed by atoms with E-state index < -0.39 is 0 Å². The van der Waals surface area contributed by atoms with E-state index in [1.165, 1.54) is 11.3 Å². The van der Waals surface area contributed by atoms with E-state index in [1.807, 2.05) is 30.5 Å². The molecule has 0 aliphatic rings. The van der Waals surface area contributed by atoms with Crippen LogP contribution in [-0.4, -0.2) is 23.0 Å². The van der Waals surface area contributed by atoms with Crippen molar-refractivity contribution in [2.45, 2.75) is 6.92 Å². The van der Waals surface area contributed by atoms with Gasteiger partial charge in [-0.25, -0.2) is 4.98 Å². The normalized spacial score (nSPS) is 10.3. The van der Waals surface area contributed by atoms with Gasteiger partial charge in [-0.3, -0.25) is 15.1 Å². The van der Waals surface area contributed by atoms with Gasteiger partial charge in [0.15, 0.2) is 5.13 Å². The van der Waals surface area contributed by atoms with Crippen LogP contribution < -0.4 is 10.1 Å². The number of carbonyl (C=O) groups is 1. The summed E-state index contributed by atoms with van der Waals surface area (Å²) in [7, 11) is 1.59. The number of methoxy groups -OCH3 is 1. The van der Waals surface area contributed by atoms with Crippen molar-refractivity contribution in [3.63, 3.8) is 0 Å². The standard InChI is InChI=1S/C17H15N3O2S/c1-11-5-6-12(8-15(11)22-2)16(21)20-17-19-14(10-23-17)13-4-3-7-18-9-13/h3-10H,1-2H3,(H,19,20,21). The fourth-order valence-corrected chi connectivity index (χ4v) is 2.82. The van der Waals surface area contributed by atoms with E-state index in [2.05, 4.69) is 15.3 Å². The van der Waals surface area contributed by atoms with Crippen molar-refractivity contribution in [2.24, 2.45) is 0 Å². The molecular formula is C17H15N3O2S. The number of pyridine rings is 1. The number of aryl methyl sites for hydroxylation is 1. The molecule has 0 bridgehead atoms. The molecular weight excluding hydrogens is 310 g/mol. The number of aromatic nitrogens is 2. The molecule has 3 rings (SSSR count). The summed E-state index contributed by atoms with van der Waals surface area (Å²) >= 11 is 1.38. The summed E-state index contributed by atoms with van der Waals surface area (Å²) in [5, 5.41) is 5.25. The summed E-state index contributed by atoms with van der Waals surface area (Å²) in [5.74, 6) is 0.475. The van der Waals surface area contributed by atoms with Crippen LogP contribution in [-0.2, 0) is 0 Å². The van der Waals surface area contributed by atoms with Crippen molar-refractivity contribution in [1.82, 2.24) is 9.97 Å². The van der Waals surface area contributed by atoms with Gasteiger partial charge in [-0.15, -0.1) is 11.3 Å². The molecule has 23 heavy (non-hydrogen) atoms. The van der Waals surface area contributed by atoms with Crippen molar-refractivity contribution in [2.75, 3.05) is 12.4 Å². The second kappa shape index (κ2) is 6.58. The average Bonchev–Trinajstić information content (AvgIpc) is 3.04. The third kappa shape index (κ3) is 3.37. The number of nitrogens with zero attached hydrogens (tertiary/aromatic N) is 2. The van der Waals surface area contributed by atoms with Crippen molar-refractivity contribution < 1.29 is 9.53 Å². The number of carbonyl (C=O) groups excluding carboxylic acids is 1. The predicted octanol–water partition coefficient (Wildman–Crippen LogP) is 3.77. The lowest BCUT2D eigenvalue weighted by Gasteiger charge is -2.07. The lowest BCUT2D eigenvalue weighted by molar-refractivity contribution is 0.102. The van der Waals surface area contributed by atoms with Gasteiger partial charge in [0.25, 0.3) is 5.91 Å². The van der Waals surface area contributed by atoms with Crippen LogP contribution in [0.1, 0.15) is 15.9 Å². The predicted molar refractivity (Wildman–Crippen MR) is 91.0 cm³/mol. The van der Waals surface area contributed by atoms with E-state index in [1.54, 1.807) is 31.6 Å². The van der Waals surface area contributed by atoms with Gasteiger partial charge >= 0.3 is 0 Å². The fourth-order valence-electron chi connectivity index (χ4n) is 2.11. The summed E-state index contributed by atoms with van der Waals surface area (Å²) in [6.07, 6.45) is 3.45. The van der Waals surface area contributed by atoms with Gasteiger partial charge in [0.2, 0.25) is 0 Å². The van der Waals surface area contributed by atoms with E-state index in [4.69, 9.17) is 4.74 Å². The molecule has 0 unspecified atom stereocenters. The smallest absolute Gasteiger partial charge is 0.257 e. The van der Waals surface area contributed by atoms with Crippen LogP contribution in [0.25, 0.3) is 11.3 Å². The molecule has 0 spiro atoms. The molecule has 0 fully saturated rings. The highest BCUT2D eigenvalue weighted by atomic mass is 32.1. The number of ether oxygens (including phenoxy) is 1. The summed E-state index contributed by atoms with van der Waals surface area (Å²) in [6.45, 7) is 1.93. The maximum absolute atomic E-state index is 12.3. The molecule has 0 atom stereocenters. The Bertz CT molecular complexity index is 831. The van der Waals surface area contributed by atoms with E-state index in [9.17, 15) is 4.79 Å². The maximum Gasteiger partial charge on any atom is 0.257 e. The molecule has 6 heteroatoms. The Labute approximate surface area is 138 Å². The molecule has 0 saturated carbocycles. The van der Waals surface area contributed by atoms with E-state index in [0.29, 0.717) is 16.4 Å².